The number of hydrogen-bond donors (Lipinski definition) is 2. The van der Waals surface area contributed by atoms with Crippen LogP contribution in [0.25, 0.3) is 0 Å². The Kier molecular flexibility index (Phi) is 5.65. The van der Waals surface area contributed by atoms with Gasteiger partial charge >= 0.3 is 0 Å². The summed E-state index contributed by atoms with van der Waals surface area (Å²) in [5.41, 5.74) is 0. The van der Waals surface area contributed by atoms with E-state index in [1.54, 1.807) is 0 Å². The number of amides is 1. The summed E-state index contributed by atoms with van der Waals surface area (Å²) in [6.45, 7) is 1.13. The van der Waals surface area contributed by atoms with Crippen LogP contribution in [-0.2, 0) is 4.79 Å². The zero-order chi connectivity index (χ0) is 11.9. The van der Waals surface area contributed by atoms with Gasteiger partial charge < -0.3 is 10.6 Å². The Morgan fingerprint density at radius 3 is 2.94 bits per heavy atom. The minimum atomic E-state index is 0.255. The first-order valence-electron chi connectivity index (χ1n) is 6.95. The summed E-state index contributed by atoms with van der Waals surface area (Å²) in [5.74, 6) is 2.62. The average Bonchev–Trinajstić information content (AvgIpc) is 2.39. The van der Waals surface area contributed by atoms with E-state index in [0.29, 0.717) is 18.5 Å². The Morgan fingerprint density at radius 1 is 1.29 bits per heavy atom. The molecular formula is C13H24N2OS. The van der Waals surface area contributed by atoms with Crippen molar-refractivity contribution in [3.63, 3.8) is 0 Å². The summed E-state index contributed by atoms with van der Waals surface area (Å²) in [5, 5.41) is 6.66. The lowest BCUT2D eigenvalue weighted by Gasteiger charge is -2.25. The third-order valence-corrected chi connectivity index (χ3v) is 4.87. The Morgan fingerprint density at radius 2 is 2.24 bits per heavy atom. The maximum Gasteiger partial charge on any atom is 0.220 e. The molecule has 2 saturated heterocycles. The molecule has 2 rings (SSSR count). The van der Waals surface area contributed by atoms with E-state index >= 15 is 0 Å². The fourth-order valence-electron chi connectivity index (χ4n) is 2.63. The largest absolute Gasteiger partial charge is 0.353 e. The van der Waals surface area contributed by atoms with Crippen molar-refractivity contribution in [3.05, 3.63) is 0 Å². The van der Waals surface area contributed by atoms with Crippen molar-refractivity contribution < 1.29 is 4.79 Å². The van der Waals surface area contributed by atoms with Crippen LogP contribution in [0.15, 0.2) is 0 Å². The molecule has 0 aliphatic carbocycles. The zero-order valence-electron chi connectivity index (χ0n) is 10.5. The molecule has 0 bridgehead atoms. The van der Waals surface area contributed by atoms with Crippen LogP contribution in [0.3, 0.4) is 0 Å². The lowest BCUT2D eigenvalue weighted by molar-refractivity contribution is -0.121. The van der Waals surface area contributed by atoms with Gasteiger partial charge in [-0.05, 0) is 44.4 Å². The highest BCUT2D eigenvalue weighted by molar-refractivity contribution is 7.99. The molecule has 2 N–H and O–H groups in total. The molecule has 2 atom stereocenters. The molecule has 17 heavy (non-hydrogen) atoms. The van der Waals surface area contributed by atoms with E-state index in [0.717, 1.165) is 18.7 Å². The molecule has 0 saturated carbocycles. The SMILES string of the molecule is O=C(CCC1CCCCN1)NC1CCCSC1. The van der Waals surface area contributed by atoms with Crippen LogP contribution in [0.5, 0.6) is 0 Å². The lowest BCUT2D eigenvalue weighted by atomic mass is 10.0. The molecule has 2 aliphatic heterocycles. The van der Waals surface area contributed by atoms with Gasteiger partial charge in [-0.1, -0.05) is 6.42 Å². The third-order valence-electron chi connectivity index (χ3n) is 3.66. The molecule has 1 amide bonds. The second-order valence-electron chi connectivity index (χ2n) is 5.17. The molecule has 0 radical (unpaired) electrons. The molecule has 2 unspecified atom stereocenters. The average molecular weight is 256 g/mol. The van der Waals surface area contributed by atoms with Crippen molar-refractivity contribution >= 4 is 17.7 Å². The minimum absolute atomic E-state index is 0.255. The van der Waals surface area contributed by atoms with Crippen LogP contribution < -0.4 is 10.6 Å². The van der Waals surface area contributed by atoms with E-state index in [1.807, 2.05) is 11.8 Å². The third kappa shape index (κ3) is 4.88. The van der Waals surface area contributed by atoms with Gasteiger partial charge in [0, 0.05) is 24.3 Å². The van der Waals surface area contributed by atoms with Gasteiger partial charge in [-0.25, -0.2) is 0 Å². The van der Waals surface area contributed by atoms with E-state index in [1.165, 1.54) is 37.9 Å². The van der Waals surface area contributed by atoms with Crippen molar-refractivity contribution in [3.8, 4) is 0 Å². The molecule has 0 aromatic heterocycles. The number of hydrogen-bond acceptors (Lipinski definition) is 3. The molecule has 2 aliphatic rings. The fraction of sp³-hybridized carbons (Fsp3) is 0.923. The summed E-state index contributed by atoms with van der Waals surface area (Å²) < 4.78 is 0. The number of carbonyl (C=O) groups excluding carboxylic acids is 1. The molecule has 0 aromatic rings. The van der Waals surface area contributed by atoms with Crippen LogP contribution in [0.2, 0.25) is 0 Å². The van der Waals surface area contributed by atoms with Crippen LogP contribution >= 0.6 is 11.8 Å². The van der Waals surface area contributed by atoms with Crippen molar-refractivity contribution in [2.24, 2.45) is 0 Å². The van der Waals surface area contributed by atoms with Gasteiger partial charge in [-0.15, -0.1) is 0 Å². The second-order valence-corrected chi connectivity index (χ2v) is 6.32. The Balaban J connectivity index is 1.59. The first-order valence-corrected chi connectivity index (χ1v) is 8.10. The minimum Gasteiger partial charge on any atom is -0.353 e. The maximum absolute atomic E-state index is 11.8. The lowest BCUT2D eigenvalue weighted by Crippen LogP contribution is -2.40. The van der Waals surface area contributed by atoms with Crippen molar-refractivity contribution in [2.75, 3.05) is 18.1 Å². The first kappa shape index (κ1) is 13.2. The molecular weight excluding hydrogens is 232 g/mol. The molecule has 2 fully saturated rings. The van der Waals surface area contributed by atoms with Crippen LogP contribution in [0.1, 0.15) is 44.9 Å². The van der Waals surface area contributed by atoms with E-state index in [-0.39, 0.29) is 5.91 Å². The van der Waals surface area contributed by atoms with Gasteiger partial charge in [0.15, 0.2) is 0 Å². The standard InChI is InChI=1S/C13H24N2OS/c16-13(15-12-5-3-9-17-10-12)7-6-11-4-1-2-8-14-11/h11-12,14H,1-10H2,(H,15,16). The molecule has 4 heteroatoms. The number of piperidine rings is 1. The predicted octanol–water partition coefficient (Wildman–Crippen LogP) is 1.92. The summed E-state index contributed by atoms with van der Waals surface area (Å²) in [6.07, 6.45) is 7.97. The highest BCUT2D eigenvalue weighted by Crippen LogP contribution is 2.17. The Bertz CT molecular complexity index is 236. The van der Waals surface area contributed by atoms with Crippen LogP contribution in [-0.4, -0.2) is 36.0 Å². The summed E-state index contributed by atoms with van der Waals surface area (Å²) in [7, 11) is 0. The monoisotopic (exact) mass is 256 g/mol. The fourth-order valence-corrected chi connectivity index (χ4v) is 3.70. The van der Waals surface area contributed by atoms with Crippen LogP contribution in [0, 0.1) is 0 Å². The second kappa shape index (κ2) is 7.27. The smallest absolute Gasteiger partial charge is 0.220 e. The summed E-state index contributed by atoms with van der Waals surface area (Å²) in [6, 6.07) is 1.01. The highest BCUT2D eigenvalue weighted by Gasteiger charge is 2.18. The van der Waals surface area contributed by atoms with E-state index in [9.17, 15) is 4.79 Å². The van der Waals surface area contributed by atoms with Gasteiger partial charge in [0.1, 0.15) is 0 Å². The number of thioether (sulfide) groups is 1. The first-order chi connectivity index (χ1) is 8.34. The van der Waals surface area contributed by atoms with Gasteiger partial charge in [0.25, 0.3) is 0 Å². The topological polar surface area (TPSA) is 41.1 Å². The molecule has 2 heterocycles. The number of carbonyl (C=O) groups is 1. The summed E-state index contributed by atoms with van der Waals surface area (Å²) >= 11 is 1.96. The van der Waals surface area contributed by atoms with Crippen LogP contribution in [0.4, 0.5) is 0 Å². The Hall–Kier alpha value is -0.220. The van der Waals surface area contributed by atoms with E-state index in [4.69, 9.17) is 0 Å². The maximum atomic E-state index is 11.8. The molecule has 3 nitrogen and oxygen atoms in total. The van der Waals surface area contributed by atoms with Gasteiger partial charge in [0.05, 0.1) is 0 Å². The molecule has 0 aromatic carbocycles. The van der Waals surface area contributed by atoms with Crippen molar-refractivity contribution in [1.82, 2.24) is 10.6 Å². The van der Waals surface area contributed by atoms with E-state index < -0.39 is 0 Å². The predicted molar refractivity (Wildman–Crippen MR) is 73.4 cm³/mol. The zero-order valence-corrected chi connectivity index (χ0v) is 11.4. The molecule has 98 valence electrons. The highest BCUT2D eigenvalue weighted by atomic mass is 32.2. The number of nitrogens with one attached hydrogen (secondary N) is 2. The number of rotatable bonds is 4. The van der Waals surface area contributed by atoms with Gasteiger partial charge in [-0.3, -0.25) is 4.79 Å². The van der Waals surface area contributed by atoms with Crippen molar-refractivity contribution in [1.29, 1.82) is 0 Å². The molecule has 0 spiro atoms. The summed E-state index contributed by atoms with van der Waals surface area (Å²) in [4.78, 5) is 11.8. The van der Waals surface area contributed by atoms with E-state index in [2.05, 4.69) is 10.6 Å². The van der Waals surface area contributed by atoms with Gasteiger partial charge in [-0.2, -0.15) is 11.8 Å². The van der Waals surface area contributed by atoms with Gasteiger partial charge in [0.2, 0.25) is 5.91 Å². The normalized spacial score (nSPS) is 29.9. The quantitative estimate of drug-likeness (QED) is 0.807. The Labute approximate surface area is 108 Å². The van der Waals surface area contributed by atoms with Crippen molar-refractivity contribution in [2.45, 2.75) is 57.0 Å².